The predicted octanol–water partition coefficient (Wildman–Crippen LogP) is 3.73. The number of aromatic amines is 1. The van der Waals surface area contributed by atoms with Gasteiger partial charge < -0.3 is 9.67 Å². The molecule has 0 amide bonds. The van der Waals surface area contributed by atoms with Crippen molar-refractivity contribution in [1.82, 2.24) is 29.7 Å². The smallest absolute Gasteiger partial charge is 0.307 e. The molecule has 0 aromatic carbocycles. The Morgan fingerprint density at radius 1 is 1.22 bits per heavy atom. The van der Waals surface area contributed by atoms with E-state index >= 15 is 0 Å². The number of aryl methyl sites for hydroxylation is 1. The van der Waals surface area contributed by atoms with Gasteiger partial charge in [0.15, 0.2) is 11.5 Å². The molecule has 4 heterocycles. The van der Waals surface area contributed by atoms with Crippen molar-refractivity contribution in [3.8, 4) is 11.5 Å². The van der Waals surface area contributed by atoms with Crippen molar-refractivity contribution >= 4 is 28.0 Å². The number of fused-ring (bicyclic) bond motifs is 5. The van der Waals surface area contributed by atoms with Crippen molar-refractivity contribution in [2.75, 3.05) is 0 Å². The highest BCUT2D eigenvalue weighted by Crippen LogP contribution is 2.50. The number of aromatic nitrogens is 6. The van der Waals surface area contributed by atoms with Gasteiger partial charge in [-0.1, -0.05) is 0 Å². The Hall–Kier alpha value is -3.36. The van der Waals surface area contributed by atoms with Crippen LogP contribution in [0.5, 0.6) is 0 Å². The number of H-pyrrole nitrogens is 1. The summed E-state index contributed by atoms with van der Waals surface area (Å²) in [7, 11) is 1.91. The second kappa shape index (κ2) is 7.08. The van der Waals surface area contributed by atoms with Gasteiger partial charge >= 0.3 is 5.97 Å². The zero-order valence-electron chi connectivity index (χ0n) is 17.6. The number of carbonyl (C=O) groups is 1. The second-order valence-electron chi connectivity index (χ2n) is 9.19. The molecule has 3 aliphatic carbocycles. The van der Waals surface area contributed by atoms with Gasteiger partial charge in [0, 0.05) is 18.6 Å². The Bertz CT molecular complexity index is 1350. The molecule has 4 aromatic rings. The SMILES string of the molecule is Cn1ccc2c(C[C@H]3C4CCC(CC4)[C@@H]3C(=O)O)nc(-c3[nH]nc4ncc(F)cc34)nc21. The Labute approximate surface area is 182 Å². The Balaban J connectivity index is 1.48. The molecule has 2 atom stereocenters. The number of aliphatic carboxylic acids is 1. The highest BCUT2D eigenvalue weighted by atomic mass is 19.1. The first-order valence-corrected chi connectivity index (χ1v) is 11.0. The summed E-state index contributed by atoms with van der Waals surface area (Å²) < 4.78 is 15.8. The van der Waals surface area contributed by atoms with Crippen molar-refractivity contribution < 1.29 is 14.3 Å². The van der Waals surface area contributed by atoms with E-state index in [1.54, 1.807) is 0 Å². The fourth-order valence-electron chi connectivity index (χ4n) is 5.99. The molecular weight excluding hydrogens is 411 g/mol. The van der Waals surface area contributed by atoms with E-state index in [1.807, 2.05) is 23.9 Å². The normalized spacial score (nSPS) is 25.1. The van der Waals surface area contributed by atoms with Crippen molar-refractivity contribution in [3.63, 3.8) is 0 Å². The van der Waals surface area contributed by atoms with Gasteiger partial charge in [-0.3, -0.25) is 9.89 Å². The van der Waals surface area contributed by atoms with Crippen LogP contribution in [0.25, 0.3) is 33.6 Å². The van der Waals surface area contributed by atoms with E-state index in [4.69, 9.17) is 9.97 Å². The number of rotatable bonds is 4. The molecule has 0 spiro atoms. The highest BCUT2D eigenvalue weighted by Gasteiger charge is 2.47. The average molecular weight is 434 g/mol. The number of nitrogens with zero attached hydrogens (tertiary/aromatic N) is 5. The summed E-state index contributed by atoms with van der Waals surface area (Å²) in [6.45, 7) is 0. The van der Waals surface area contributed by atoms with Crippen molar-refractivity contribution in [1.29, 1.82) is 0 Å². The molecule has 0 aliphatic heterocycles. The van der Waals surface area contributed by atoms with Gasteiger partial charge in [0.05, 0.1) is 23.2 Å². The molecule has 7 rings (SSSR count). The minimum Gasteiger partial charge on any atom is -0.481 e. The van der Waals surface area contributed by atoms with Gasteiger partial charge in [0.1, 0.15) is 17.2 Å². The minimum atomic E-state index is -0.691. The van der Waals surface area contributed by atoms with Crippen LogP contribution in [0.4, 0.5) is 4.39 Å². The zero-order valence-corrected chi connectivity index (χ0v) is 17.6. The molecule has 0 saturated heterocycles. The fourth-order valence-corrected chi connectivity index (χ4v) is 5.99. The molecule has 3 fully saturated rings. The van der Waals surface area contributed by atoms with E-state index in [2.05, 4.69) is 15.2 Å². The second-order valence-corrected chi connectivity index (χ2v) is 9.19. The maximum Gasteiger partial charge on any atom is 0.307 e. The number of hydrogen-bond donors (Lipinski definition) is 2. The minimum absolute atomic E-state index is 0.0591. The topological polar surface area (TPSA) is 110 Å². The molecule has 2 bridgehead atoms. The molecule has 3 saturated carbocycles. The lowest BCUT2D eigenvalue weighted by molar-refractivity contribution is -0.152. The number of nitrogens with one attached hydrogen (secondary N) is 1. The van der Waals surface area contributed by atoms with Crippen LogP contribution in [-0.2, 0) is 18.3 Å². The number of halogens is 1. The number of hydrogen-bond acceptors (Lipinski definition) is 5. The van der Waals surface area contributed by atoms with E-state index < -0.39 is 11.8 Å². The summed E-state index contributed by atoms with van der Waals surface area (Å²) >= 11 is 0. The molecule has 2 N–H and O–H groups in total. The maximum absolute atomic E-state index is 13.9. The van der Waals surface area contributed by atoms with Crippen LogP contribution in [0.2, 0.25) is 0 Å². The number of carboxylic acids is 1. The van der Waals surface area contributed by atoms with Crippen LogP contribution in [0.15, 0.2) is 24.5 Å². The van der Waals surface area contributed by atoms with Crippen molar-refractivity contribution in [3.05, 3.63) is 36.0 Å². The average Bonchev–Trinajstić information content (AvgIpc) is 3.37. The highest BCUT2D eigenvalue weighted by molar-refractivity contribution is 5.90. The number of pyridine rings is 1. The first kappa shape index (κ1) is 19.3. The standard InChI is InChI=1S/C23H23FN6O2/c1-30-7-6-14-17(9-15-11-2-4-12(5-3-11)18(15)23(31)32)26-21(27-22(14)30)19-16-8-13(24)10-25-20(16)29-28-19/h6-8,10-12,15,18H,2-5,9H2,1H3,(H,31,32)(H,25,28,29)/t11?,12?,15-,18-/m0/s1. The Kier molecular flexibility index (Phi) is 4.28. The predicted molar refractivity (Wildman–Crippen MR) is 115 cm³/mol. The van der Waals surface area contributed by atoms with Gasteiger partial charge in [-0.15, -0.1) is 0 Å². The zero-order chi connectivity index (χ0) is 22.0. The van der Waals surface area contributed by atoms with Crippen molar-refractivity contribution in [2.45, 2.75) is 32.1 Å². The molecule has 8 nitrogen and oxygen atoms in total. The van der Waals surface area contributed by atoms with Crippen LogP contribution in [-0.4, -0.2) is 40.8 Å². The largest absolute Gasteiger partial charge is 0.481 e. The molecular formula is C23H23FN6O2. The third-order valence-electron chi connectivity index (χ3n) is 7.51. The monoisotopic (exact) mass is 434 g/mol. The van der Waals surface area contributed by atoms with Gasteiger partial charge in [0.25, 0.3) is 0 Å². The first-order valence-electron chi connectivity index (χ1n) is 11.0. The number of carboxylic acid groups (broad SMARTS) is 1. The Morgan fingerprint density at radius 2 is 2.00 bits per heavy atom. The van der Waals surface area contributed by atoms with Crippen LogP contribution in [0.3, 0.4) is 0 Å². The Morgan fingerprint density at radius 3 is 2.78 bits per heavy atom. The third-order valence-corrected chi connectivity index (χ3v) is 7.51. The molecule has 4 aromatic heterocycles. The quantitative estimate of drug-likeness (QED) is 0.507. The van der Waals surface area contributed by atoms with E-state index in [9.17, 15) is 14.3 Å². The van der Waals surface area contributed by atoms with E-state index in [0.717, 1.165) is 48.6 Å². The molecule has 9 heteroatoms. The van der Waals surface area contributed by atoms with Gasteiger partial charge in [0.2, 0.25) is 0 Å². The summed E-state index contributed by atoms with van der Waals surface area (Å²) in [5, 5.41) is 18.5. The van der Waals surface area contributed by atoms with E-state index in [-0.39, 0.29) is 17.8 Å². The van der Waals surface area contributed by atoms with E-state index in [0.29, 0.717) is 34.9 Å². The van der Waals surface area contributed by atoms with Crippen LogP contribution in [0, 0.1) is 29.5 Å². The summed E-state index contributed by atoms with van der Waals surface area (Å²) in [5.41, 5.74) is 2.50. The van der Waals surface area contributed by atoms with Crippen molar-refractivity contribution in [2.24, 2.45) is 30.7 Å². The molecule has 164 valence electrons. The first-order chi connectivity index (χ1) is 15.5. The van der Waals surface area contributed by atoms with Crippen LogP contribution in [0.1, 0.15) is 31.4 Å². The van der Waals surface area contributed by atoms with Gasteiger partial charge in [-0.2, -0.15) is 5.10 Å². The molecule has 0 unspecified atom stereocenters. The lowest BCUT2D eigenvalue weighted by atomic mass is 9.57. The molecule has 0 radical (unpaired) electrons. The molecule has 3 aliphatic rings. The van der Waals surface area contributed by atoms with E-state index in [1.165, 1.54) is 6.07 Å². The lowest BCUT2D eigenvalue weighted by Gasteiger charge is -2.46. The lowest BCUT2D eigenvalue weighted by Crippen LogP contribution is -2.45. The van der Waals surface area contributed by atoms with Crippen LogP contribution < -0.4 is 0 Å². The summed E-state index contributed by atoms with van der Waals surface area (Å²) in [6, 6.07) is 3.36. The summed E-state index contributed by atoms with van der Waals surface area (Å²) in [4.78, 5) is 25.8. The third kappa shape index (κ3) is 2.91. The fraction of sp³-hybridized carbons (Fsp3) is 0.435. The summed E-state index contributed by atoms with van der Waals surface area (Å²) in [5.74, 6) is -0.344. The summed E-state index contributed by atoms with van der Waals surface area (Å²) in [6.07, 6.45) is 7.84. The van der Waals surface area contributed by atoms with Crippen LogP contribution >= 0.6 is 0 Å². The maximum atomic E-state index is 13.9. The van der Waals surface area contributed by atoms with Gasteiger partial charge in [-0.25, -0.2) is 19.3 Å². The molecule has 32 heavy (non-hydrogen) atoms. The van der Waals surface area contributed by atoms with Gasteiger partial charge in [-0.05, 0) is 62.0 Å².